The summed E-state index contributed by atoms with van der Waals surface area (Å²) in [5, 5.41) is 3.08. The van der Waals surface area contributed by atoms with Gasteiger partial charge in [0, 0.05) is 23.0 Å². The molecule has 23 heavy (non-hydrogen) atoms. The van der Waals surface area contributed by atoms with Gasteiger partial charge in [0.2, 0.25) is 5.65 Å². The monoisotopic (exact) mass is 301 g/mol. The molecule has 0 amide bonds. The second kappa shape index (κ2) is 4.33. The van der Waals surface area contributed by atoms with Crippen molar-refractivity contribution in [2.75, 3.05) is 0 Å². The highest BCUT2D eigenvalue weighted by molar-refractivity contribution is 6.09. The number of aromatic amines is 1. The first-order valence-electron chi connectivity index (χ1n) is 7.27. The number of furan rings is 1. The highest BCUT2D eigenvalue weighted by Gasteiger charge is 2.13. The van der Waals surface area contributed by atoms with Crippen LogP contribution in [0.5, 0.6) is 0 Å². The summed E-state index contributed by atoms with van der Waals surface area (Å²) >= 11 is 0. The van der Waals surface area contributed by atoms with E-state index in [1.54, 1.807) is 12.5 Å². The van der Waals surface area contributed by atoms with Gasteiger partial charge in [-0.15, -0.1) is 0 Å². The summed E-state index contributed by atoms with van der Waals surface area (Å²) in [4.78, 5) is 19.4. The van der Waals surface area contributed by atoms with E-state index in [-0.39, 0.29) is 5.56 Å². The predicted molar refractivity (Wildman–Crippen MR) is 88.3 cm³/mol. The molecule has 0 aliphatic rings. The van der Waals surface area contributed by atoms with Gasteiger partial charge in [-0.3, -0.25) is 9.20 Å². The third-order valence-corrected chi connectivity index (χ3v) is 4.13. The number of benzene rings is 1. The summed E-state index contributed by atoms with van der Waals surface area (Å²) in [5.41, 5.74) is 1.94. The zero-order valence-electron chi connectivity index (χ0n) is 12.0. The third-order valence-electron chi connectivity index (χ3n) is 4.13. The first kappa shape index (κ1) is 12.2. The van der Waals surface area contributed by atoms with Gasteiger partial charge < -0.3 is 9.40 Å². The van der Waals surface area contributed by atoms with Gasteiger partial charge in [-0.25, -0.2) is 4.98 Å². The largest absolute Gasteiger partial charge is 0.465 e. The van der Waals surface area contributed by atoms with E-state index in [2.05, 4.69) is 9.97 Å². The van der Waals surface area contributed by atoms with Gasteiger partial charge in [-0.2, -0.15) is 0 Å². The zero-order chi connectivity index (χ0) is 15.4. The summed E-state index contributed by atoms with van der Waals surface area (Å²) in [6.07, 6.45) is 7.08. The van der Waals surface area contributed by atoms with E-state index in [4.69, 9.17) is 4.42 Å². The van der Waals surface area contributed by atoms with Gasteiger partial charge in [0.15, 0.2) is 0 Å². The van der Waals surface area contributed by atoms with Crippen molar-refractivity contribution in [1.29, 1.82) is 0 Å². The Morgan fingerprint density at radius 2 is 2.00 bits per heavy atom. The maximum absolute atomic E-state index is 12.3. The van der Waals surface area contributed by atoms with Crippen LogP contribution >= 0.6 is 0 Å². The topological polar surface area (TPSA) is 63.3 Å². The number of H-pyrrole nitrogens is 1. The normalized spacial score (nSPS) is 12.8. The maximum atomic E-state index is 12.3. The smallest absolute Gasteiger partial charge is 0.292 e. The van der Waals surface area contributed by atoms with Crippen molar-refractivity contribution in [2.45, 2.75) is 0 Å². The number of hydrogen-bond acceptors (Lipinski definition) is 3. The quantitative estimate of drug-likeness (QED) is 0.517. The summed E-state index contributed by atoms with van der Waals surface area (Å²) < 4.78 is 7.31. The van der Waals surface area contributed by atoms with Gasteiger partial charge in [0.25, 0.3) is 5.56 Å². The van der Waals surface area contributed by atoms with Crippen LogP contribution in [0, 0.1) is 0 Å². The van der Waals surface area contributed by atoms with Crippen molar-refractivity contribution >= 4 is 33.5 Å². The van der Waals surface area contributed by atoms with E-state index in [9.17, 15) is 4.79 Å². The van der Waals surface area contributed by atoms with E-state index in [1.165, 1.54) is 0 Å². The average Bonchev–Trinajstić information content (AvgIpc) is 3.28. The summed E-state index contributed by atoms with van der Waals surface area (Å²) in [6, 6.07) is 11.8. The molecule has 0 fully saturated rings. The van der Waals surface area contributed by atoms with E-state index in [0.29, 0.717) is 5.65 Å². The van der Waals surface area contributed by atoms with Crippen LogP contribution in [-0.2, 0) is 0 Å². The number of fused-ring (bicyclic) bond motifs is 5. The highest BCUT2D eigenvalue weighted by atomic mass is 16.3. The second-order valence-electron chi connectivity index (χ2n) is 5.42. The molecule has 1 N–H and O–H groups in total. The van der Waals surface area contributed by atoms with Crippen LogP contribution in [0.25, 0.3) is 33.5 Å². The molecule has 3 heterocycles. The van der Waals surface area contributed by atoms with Crippen LogP contribution in [0.1, 0.15) is 5.76 Å². The minimum Gasteiger partial charge on any atom is -0.465 e. The van der Waals surface area contributed by atoms with E-state index in [0.717, 1.165) is 32.8 Å². The van der Waals surface area contributed by atoms with Crippen LogP contribution in [-0.4, -0.2) is 14.4 Å². The highest BCUT2D eigenvalue weighted by Crippen LogP contribution is 2.22. The summed E-state index contributed by atoms with van der Waals surface area (Å²) in [5.74, 6) is 0.766. The summed E-state index contributed by atoms with van der Waals surface area (Å²) in [7, 11) is 0. The van der Waals surface area contributed by atoms with Crippen LogP contribution in [0.3, 0.4) is 0 Å². The fraction of sp³-hybridized carbons (Fsp3) is 0. The molecule has 5 heteroatoms. The molecule has 0 atom stereocenters. The van der Waals surface area contributed by atoms with Gasteiger partial charge in [0.1, 0.15) is 5.76 Å². The van der Waals surface area contributed by atoms with Crippen molar-refractivity contribution in [3.8, 4) is 0 Å². The number of nitrogens with one attached hydrogen (secondary N) is 1. The lowest BCUT2D eigenvalue weighted by molar-refractivity contribution is 0.557. The molecule has 0 aliphatic heterocycles. The summed E-state index contributed by atoms with van der Waals surface area (Å²) in [6.45, 7) is 0. The molecular formula is C18H11N3O2. The molecule has 0 bridgehead atoms. The third kappa shape index (κ3) is 1.61. The SMILES string of the molecule is O=c1[nH]c2c3ccccc3/c(=C\c3ccco3)c2n2ccnc12. The molecule has 5 aromatic rings. The van der Waals surface area contributed by atoms with Crippen molar-refractivity contribution < 1.29 is 4.42 Å². The van der Waals surface area contributed by atoms with Gasteiger partial charge in [-0.05, 0) is 23.6 Å². The first-order chi connectivity index (χ1) is 11.3. The van der Waals surface area contributed by atoms with Crippen molar-refractivity contribution in [1.82, 2.24) is 14.4 Å². The van der Waals surface area contributed by atoms with E-state index in [1.807, 2.05) is 53.1 Å². The molecule has 0 unspecified atom stereocenters. The van der Waals surface area contributed by atoms with Crippen LogP contribution < -0.4 is 10.8 Å². The van der Waals surface area contributed by atoms with E-state index < -0.39 is 0 Å². The fourth-order valence-electron chi connectivity index (χ4n) is 3.19. The Balaban J connectivity index is 2.14. The van der Waals surface area contributed by atoms with Crippen LogP contribution in [0.15, 0.2) is 64.3 Å². The molecule has 0 saturated heterocycles. The molecule has 5 rings (SSSR count). The Morgan fingerprint density at radius 3 is 2.83 bits per heavy atom. The standard InChI is InChI=1S/C18H11N3O2/c22-18-17-19-7-8-21(17)16-14(10-11-4-3-9-23-11)12-5-1-2-6-13(12)15(16)20-18/h1-10H,(H,20,22)/b14-10+. The average molecular weight is 301 g/mol. The minimum atomic E-state index is -0.192. The van der Waals surface area contributed by atoms with Crippen molar-refractivity contribution in [3.05, 3.63) is 76.4 Å². The van der Waals surface area contributed by atoms with Crippen molar-refractivity contribution in [3.63, 3.8) is 0 Å². The Morgan fingerprint density at radius 1 is 1.13 bits per heavy atom. The Labute approximate surface area is 129 Å². The zero-order valence-corrected chi connectivity index (χ0v) is 12.0. The molecule has 0 aliphatic carbocycles. The Kier molecular flexibility index (Phi) is 2.30. The minimum absolute atomic E-state index is 0.192. The lowest BCUT2D eigenvalue weighted by atomic mass is 10.2. The van der Waals surface area contributed by atoms with Gasteiger partial charge in [-0.1, -0.05) is 24.3 Å². The molecule has 2 aromatic carbocycles. The number of nitrogens with zero attached hydrogens (tertiary/aromatic N) is 2. The van der Waals surface area contributed by atoms with Gasteiger partial charge >= 0.3 is 0 Å². The maximum Gasteiger partial charge on any atom is 0.292 e. The lowest BCUT2D eigenvalue weighted by Crippen LogP contribution is -2.13. The van der Waals surface area contributed by atoms with E-state index >= 15 is 0 Å². The Hall–Kier alpha value is -3.34. The van der Waals surface area contributed by atoms with Gasteiger partial charge in [0.05, 0.1) is 17.3 Å². The lowest BCUT2D eigenvalue weighted by Gasteiger charge is -1.97. The predicted octanol–water partition coefficient (Wildman–Crippen LogP) is 2.47. The first-order valence-corrected chi connectivity index (χ1v) is 7.27. The van der Waals surface area contributed by atoms with Crippen LogP contribution in [0.2, 0.25) is 0 Å². The van der Waals surface area contributed by atoms with Crippen molar-refractivity contribution in [2.24, 2.45) is 0 Å². The molecule has 0 radical (unpaired) electrons. The molecular weight excluding hydrogens is 290 g/mol. The molecule has 110 valence electrons. The number of aromatic nitrogens is 3. The number of hydrogen-bond donors (Lipinski definition) is 1. The molecule has 0 saturated carbocycles. The second-order valence-corrected chi connectivity index (χ2v) is 5.42. The van der Waals surface area contributed by atoms with Crippen LogP contribution in [0.4, 0.5) is 0 Å². The number of rotatable bonds is 1. The Bertz CT molecular complexity index is 1280. The fourth-order valence-corrected chi connectivity index (χ4v) is 3.19. The number of imidazole rings is 1. The molecule has 5 nitrogen and oxygen atoms in total. The molecule has 3 aromatic heterocycles. The molecule has 0 spiro atoms.